The van der Waals surface area contributed by atoms with E-state index in [1.807, 2.05) is 30.3 Å². The maximum absolute atomic E-state index is 5.80. The number of hydrogen-bond donors (Lipinski definition) is 1. The predicted octanol–water partition coefficient (Wildman–Crippen LogP) is 3.23. The molecular formula is C18H23NO3. The third-order valence-electron chi connectivity index (χ3n) is 3.58. The van der Waals surface area contributed by atoms with Gasteiger partial charge in [0, 0.05) is 12.1 Å². The third-order valence-corrected chi connectivity index (χ3v) is 3.58. The molecule has 0 aliphatic rings. The minimum absolute atomic E-state index is 0.407. The number of benzene rings is 2. The molecule has 0 saturated carbocycles. The number of nitrogens with two attached hydrogens (primary N) is 1. The molecule has 0 spiro atoms. The highest BCUT2D eigenvalue weighted by Crippen LogP contribution is 2.30. The van der Waals surface area contributed by atoms with Crippen LogP contribution in [0.4, 0.5) is 0 Å². The van der Waals surface area contributed by atoms with Crippen LogP contribution in [0.5, 0.6) is 17.2 Å². The number of aryl methyl sites for hydroxylation is 2. The Balaban J connectivity index is 1.92. The van der Waals surface area contributed by atoms with Gasteiger partial charge in [-0.3, -0.25) is 0 Å². The van der Waals surface area contributed by atoms with Gasteiger partial charge in [0.2, 0.25) is 0 Å². The minimum Gasteiger partial charge on any atom is -0.493 e. The van der Waals surface area contributed by atoms with Crippen molar-refractivity contribution in [1.82, 2.24) is 0 Å². The first-order valence-electron chi connectivity index (χ1n) is 7.34. The molecular weight excluding hydrogens is 278 g/mol. The zero-order valence-electron chi connectivity index (χ0n) is 13.4. The number of rotatable bonds is 7. The van der Waals surface area contributed by atoms with E-state index in [0.29, 0.717) is 31.3 Å². The summed E-state index contributed by atoms with van der Waals surface area (Å²) in [6.45, 7) is 5.45. The fraction of sp³-hybridized carbons (Fsp3) is 0.333. The molecule has 2 N–H and O–H groups in total. The van der Waals surface area contributed by atoms with Crippen molar-refractivity contribution in [2.75, 3.05) is 20.3 Å². The Bertz CT molecular complexity index is 603. The van der Waals surface area contributed by atoms with E-state index in [0.717, 1.165) is 11.3 Å². The first-order chi connectivity index (χ1) is 10.7. The third kappa shape index (κ3) is 3.92. The fourth-order valence-electron chi connectivity index (χ4n) is 2.15. The van der Waals surface area contributed by atoms with Crippen LogP contribution < -0.4 is 19.9 Å². The predicted molar refractivity (Wildman–Crippen MR) is 87.8 cm³/mol. The number of ether oxygens (including phenoxy) is 3. The van der Waals surface area contributed by atoms with Crippen molar-refractivity contribution in [3.8, 4) is 17.2 Å². The zero-order valence-corrected chi connectivity index (χ0v) is 13.4. The molecule has 0 fully saturated rings. The Hall–Kier alpha value is -2.20. The summed E-state index contributed by atoms with van der Waals surface area (Å²) in [7, 11) is 1.62. The zero-order chi connectivity index (χ0) is 15.9. The van der Waals surface area contributed by atoms with Gasteiger partial charge >= 0.3 is 0 Å². The molecule has 0 atom stereocenters. The Morgan fingerprint density at radius 1 is 0.955 bits per heavy atom. The number of hydrogen-bond acceptors (Lipinski definition) is 4. The van der Waals surface area contributed by atoms with Crippen molar-refractivity contribution >= 4 is 0 Å². The lowest BCUT2D eigenvalue weighted by Crippen LogP contribution is -2.11. The molecule has 0 unspecified atom stereocenters. The van der Waals surface area contributed by atoms with E-state index in [1.54, 1.807) is 7.11 Å². The molecule has 22 heavy (non-hydrogen) atoms. The Morgan fingerprint density at radius 2 is 1.73 bits per heavy atom. The van der Waals surface area contributed by atoms with Crippen LogP contribution in [0.1, 0.15) is 16.7 Å². The fourth-order valence-corrected chi connectivity index (χ4v) is 2.15. The van der Waals surface area contributed by atoms with E-state index in [4.69, 9.17) is 19.9 Å². The standard InChI is InChI=1S/C18H23NO3/c1-13-7-8-16(11-14(13)2)21-9-10-22-18-15(12-19)5-4-6-17(18)20-3/h4-8,11H,9-10,12,19H2,1-3H3. The Kier molecular flexibility index (Phi) is 5.67. The summed E-state index contributed by atoms with van der Waals surface area (Å²) >= 11 is 0. The maximum Gasteiger partial charge on any atom is 0.165 e. The molecule has 0 radical (unpaired) electrons. The van der Waals surface area contributed by atoms with Gasteiger partial charge in [-0.1, -0.05) is 18.2 Å². The molecule has 0 aliphatic heterocycles. The van der Waals surface area contributed by atoms with Crippen LogP contribution in [-0.4, -0.2) is 20.3 Å². The molecule has 4 nitrogen and oxygen atoms in total. The van der Waals surface area contributed by atoms with Crippen molar-refractivity contribution in [2.24, 2.45) is 5.73 Å². The first kappa shape index (κ1) is 16.2. The van der Waals surface area contributed by atoms with Crippen LogP contribution in [0.15, 0.2) is 36.4 Å². The molecule has 2 aromatic carbocycles. The van der Waals surface area contributed by atoms with Crippen LogP contribution in [0.2, 0.25) is 0 Å². The number of methoxy groups -OCH3 is 1. The van der Waals surface area contributed by atoms with Gasteiger partial charge in [-0.2, -0.15) is 0 Å². The summed E-state index contributed by atoms with van der Waals surface area (Å²) < 4.78 is 16.8. The average Bonchev–Trinajstić information content (AvgIpc) is 2.54. The lowest BCUT2D eigenvalue weighted by Gasteiger charge is -2.14. The molecule has 0 aromatic heterocycles. The van der Waals surface area contributed by atoms with Crippen LogP contribution in [0, 0.1) is 13.8 Å². The van der Waals surface area contributed by atoms with Gasteiger partial charge in [0.25, 0.3) is 0 Å². The van der Waals surface area contributed by atoms with E-state index in [2.05, 4.69) is 19.9 Å². The molecule has 2 aromatic rings. The summed E-state index contributed by atoms with van der Waals surface area (Å²) in [4.78, 5) is 0. The van der Waals surface area contributed by atoms with E-state index in [1.165, 1.54) is 11.1 Å². The highest BCUT2D eigenvalue weighted by atomic mass is 16.5. The summed E-state index contributed by atoms with van der Waals surface area (Å²) in [6.07, 6.45) is 0. The maximum atomic E-state index is 5.80. The van der Waals surface area contributed by atoms with Gasteiger partial charge in [-0.25, -0.2) is 0 Å². The summed E-state index contributed by atoms with van der Waals surface area (Å²) in [5.74, 6) is 2.23. The lowest BCUT2D eigenvalue weighted by molar-refractivity contribution is 0.210. The van der Waals surface area contributed by atoms with Crippen LogP contribution in [0.25, 0.3) is 0 Å². The van der Waals surface area contributed by atoms with Gasteiger partial charge in [0.05, 0.1) is 7.11 Å². The summed E-state index contributed by atoms with van der Waals surface area (Å²) in [6, 6.07) is 11.7. The molecule has 0 heterocycles. The van der Waals surface area contributed by atoms with Crippen molar-refractivity contribution < 1.29 is 14.2 Å². The highest BCUT2D eigenvalue weighted by molar-refractivity contribution is 5.46. The van der Waals surface area contributed by atoms with Crippen molar-refractivity contribution in [3.05, 3.63) is 53.1 Å². The second kappa shape index (κ2) is 7.71. The van der Waals surface area contributed by atoms with Gasteiger partial charge in [0.15, 0.2) is 11.5 Å². The van der Waals surface area contributed by atoms with Gasteiger partial charge < -0.3 is 19.9 Å². The monoisotopic (exact) mass is 301 g/mol. The van der Waals surface area contributed by atoms with Crippen LogP contribution in [0.3, 0.4) is 0 Å². The first-order valence-corrected chi connectivity index (χ1v) is 7.34. The summed E-state index contributed by atoms with van der Waals surface area (Å²) in [5, 5.41) is 0. The normalized spacial score (nSPS) is 10.4. The lowest BCUT2D eigenvalue weighted by atomic mass is 10.1. The number of para-hydroxylation sites is 1. The summed E-state index contributed by atoms with van der Waals surface area (Å²) in [5.41, 5.74) is 9.13. The van der Waals surface area contributed by atoms with E-state index in [9.17, 15) is 0 Å². The Labute approximate surface area is 131 Å². The van der Waals surface area contributed by atoms with Crippen molar-refractivity contribution in [1.29, 1.82) is 0 Å². The Morgan fingerprint density at radius 3 is 2.41 bits per heavy atom. The molecule has 0 bridgehead atoms. The van der Waals surface area contributed by atoms with Gasteiger partial charge in [-0.05, 0) is 43.2 Å². The minimum atomic E-state index is 0.407. The van der Waals surface area contributed by atoms with Gasteiger partial charge in [0.1, 0.15) is 19.0 Å². The average molecular weight is 301 g/mol. The largest absolute Gasteiger partial charge is 0.493 e. The van der Waals surface area contributed by atoms with Crippen LogP contribution >= 0.6 is 0 Å². The topological polar surface area (TPSA) is 53.7 Å². The molecule has 118 valence electrons. The molecule has 2 rings (SSSR count). The van der Waals surface area contributed by atoms with Crippen molar-refractivity contribution in [2.45, 2.75) is 20.4 Å². The van der Waals surface area contributed by atoms with Crippen LogP contribution in [-0.2, 0) is 6.54 Å². The molecule has 0 aliphatic carbocycles. The van der Waals surface area contributed by atoms with E-state index < -0.39 is 0 Å². The quantitative estimate of drug-likeness (QED) is 0.798. The van der Waals surface area contributed by atoms with Gasteiger partial charge in [-0.15, -0.1) is 0 Å². The molecule has 0 saturated heterocycles. The smallest absolute Gasteiger partial charge is 0.165 e. The van der Waals surface area contributed by atoms with E-state index >= 15 is 0 Å². The van der Waals surface area contributed by atoms with E-state index in [-0.39, 0.29) is 0 Å². The molecule has 4 heteroatoms. The second-order valence-electron chi connectivity index (χ2n) is 5.10. The second-order valence-corrected chi connectivity index (χ2v) is 5.10. The molecule has 0 amide bonds. The highest BCUT2D eigenvalue weighted by Gasteiger charge is 2.09. The SMILES string of the molecule is COc1cccc(CN)c1OCCOc1ccc(C)c(C)c1. The van der Waals surface area contributed by atoms with Crippen molar-refractivity contribution in [3.63, 3.8) is 0 Å².